The molecule has 22 heavy (non-hydrogen) atoms. The predicted octanol–water partition coefficient (Wildman–Crippen LogP) is 0.233. The molecule has 2 N–H and O–H groups in total. The van der Waals surface area contributed by atoms with E-state index in [1.165, 1.54) is 16.4 Å². The van der Waals surface area contributed by atoms with Gasteiger partial charge in [0.15, 0.2) is 14.9 Å². The summed E-state index contributed by atoms with van der Waals surface area (Å²) in [4.78, 5) is 3.74. The fraction of sp³-hybridized carbons (Fsp3) is 0.615. The van der Waals surface area contributed by atoms with Crippen molar-refractivity contribution >= 4 is 19.9 Å². The highest BCUT2D eigenvalue weighted by Crippen LogP contribution is 2.31. The molecule has 0 spiro atoms. The summed E-state index contributed by atoms with van der Waals surface area (Å²) in [5.74, 6) is 0. The molecule has 1 aliphatic rings. The number of sulfone groups is 1. The number of sulfonamides is 1. The average molecular weight is 347 g/mol. The summed E-state index contributed by atoms with van der Waals surface area (Å²) in [5, 5.41) is -0.146. The van der Waals surface area contributed by atoms with Crippen LogP contribution in [0.3, 0.4) is 0 Å². The van der Waals surface area contributed by atoms with Gasteiger partial charge in [-0.3, -0.25) is 0 Å². The summed E-state index contributed by atoms with van der Waals surface area (Å²) in [6.45, 7) is 4.54. The number of hydrogen-bond donors (Lipinski definition) is 1. The van der Waals surface area contributed by atoms with Crippen LogP contribution in [0.1, 0.15) is 20.3 Å². The summed E-state index contributed by atoms with van der Waals surface area (Å²) in [5.41, 5.74) is 5.71. The smallest absolute Gasteiger partial charge is 0.244 e. The molecule has 0 aliphatic carbocycles. The van der Waals surface area contributed by atoms with Crippen molar-refractivity contribution < 1.29 is 16.8 Å². The topological polar surface area (TPSA) is 110 Å². The van der Waals surface area contributed by atoms with Crippen molar-refractivity contribution in [3.8, 4) is 0 Å². The lowest BCUT2D eigenvalue weighted by atomic mass is 9.81. The van der Waals surface area contributed by atoms with E-state index in [1.54, 1.807) is 0 Å². The van der Waals surface area contributed by atoms with Crippen molar-refractivity contribution in [2.24, 2.45) is 11.1 Å². The quantitative estimate of drug-likeness (QED) is 0.838. The van der Waals surface area contributed by atoms with E-state index in [2.05, 4.69) is 4.98 Å². The molecule has 1 fully saturated rings. The van der Waals surface area contributed by atoms with Crippen LogP contribution >= 0.6 is 0 Å². The molecule has 124 valence electrons. The second-order valence-electron chi connectivity index (χ2n) is 6.33. The Kier molecular flexibility index (Phi) is 4.37. The van der Waals surface area contributed by atoms with Crippen LogP contribution in [0.25, 0.3) is 0 Å². The SMILES string of the molecule is CC1(C)CN(S(=O)(=O)c2ccc(S(C)(=O)=O)nc2)CCC1N. The molecule has 2 heterocycles. The zero-order valence-electron chi connectivity index (χ0n) is 12.9. The molecule has 0 saturated carbocycles. The van der Waals surface area contributed by atoms with E-state index in [-0.39, 0.29) is 21.4 Å². The van der Waals surface area contributed by atoms with Crippen molar-refractivity contribution in [2.45, 2.75) is 36.2 Å². The van der Waals surface area contributed by atoms with Crippen molar-refractivity contribution in [1.29, 1.82) is 0 Å². The molecule has 0 aromatic carbocycles. The Hall–Kier alpha value is -1.03. The number of nitrogens with two attached hydrogens (primary N) is 1. The first kappa shape index (κ1) is 17.3. The van der Waals surface area contributed by atoms with Crippen molar-refractivity contribution in [2.75, 3.05) is 19.3 Å². The van der Waals surface area contributed by atoms with Gasteiger partial charge in [0.25, 0.3) is 0 Å². The number of aromatic nitrogens is 1. The number of hydrogen-bond acceptors (Lipinski definition) is 6. The van der Waals surface area contributed by atoms with Gasteiger partial charge in [-0.15, -0.1) is 0 Å². The number of rotatable bonds is 3. The van der Waals surface area contributed by atoms with Gasteiger partial charge in [0.2, 0.25) is 10.0 Å². The number of pyridine rings is 1. The lowest BCUT2D eigenvalue weighted by Crippen LogP contribution is -2.53. The maximum atomic E-state index is 12.6. The second kappa shape index (κ2) is 5.55. The molecule has 1 aromatic heterocycles. The minimum Gasteiger partial charge on any atom is -0.327 e. The highest BCUT2D eigenvalue weighted by atomic mass is 32.2. The van der Waals surface area contributed by atoms with Gasteiger partial charge in [0, 0.05) is 31.6 Å². The summed E-state index contributed by atoms with van der Waals surface area (Å²) in [6, 6.07) is 2.44. The standard InChI is InChI=1S/C13H21N3O4S2/c1-13(2)9-16(7-6-11(13)14)22(19,20)10-4-5-12(15-8-10)21(3,17)18/h4-5,8,11H,6-7,9,14H2,1-3H3. The Morgan fingerprint density at radius 3 is 2.36 bits per heavy atom. The normalized spacial score (nSPS) is 23.4. The summed E-state index contributed by atoms with van der Waals surface area (Å²) in [6.07, 6.45) is 2.70. The van der Waals surface area contributed by atoms with Crippen LogP contribution in [-0.2, 0) is 19.9 Å². The minimum absolute atomic E-state index is 0.00817. The third-order valence-corrected chi connectivity index (χ3v) is 6.83. The molecule has 1 saturated heterocycles. The maximum absolute atomic E-state index is 12.6. The van der Waals surface area contributed by atoms with Gasteiger partial charge in [-0.2, -0.15) is 4.31 Å². The van der Waals surface area contributed by atoms with E-state index in [4.69, 9.17) is 5.73 Å². The predicted molar refractivity (Wildman–Crippen MR) is 82.5 cm³/mol. The van der Waals surface area contributed by atoms with E-state index < -0.39 is 19.9 Å². The van der Waals surface area contributed by atoms with Crippen molar-refractivity contribution in [3.05, 3.63) is 18.3 Å². The Bertz CT molecular complexity index is 755. The van der Waals surface area contributed by atoms with Crippen LogP contribution < -0.4 is 5.73 Å². The first-order valence-corrected chi connectivity index (χ1v) is 10.2. The monoisotopic (exact) mass is 347 g/mol. The van der Waals surface area contributed by atoms with Crippen LogP contribution in [0.5, 0.6) is 0 Å². The average Bonchev–Trinajstić information content (AvgIpc) is 2.41. The fourth-order valence-electron chi connectivity index (χ4n) is 2.42. The molecule has 0 radical (unpaired) electrons. The lowest BCUT2D eigenvalue weighted by Gasteiger charge is -2.41. The molecule has 9 heteroatoms. The molecule has 2 rings (SSSR count). The largest absolute Gasteiger partial charge is 0.327 e. The molecule has 7 nitrogen and oxygen atoms in total. The summed E-state index contributed by atoms with van der Waals surface area (Å²) < 4.78 is 49.4. The van der Waals surface area contributed by atoms with E-state index in [0.29, 0.717) is 19.5 Å². The highest BCUT2D eigenvalue weighted by molar-refractivity contribution is 7.90. The first-order valence-electron chi connectivity index (χ1n) is 6.86. The molecule has 0 amide bonds. The Morgan fingerprint density at radius 1 is 1.27 bits per heavy atom. The van der Waals surface area contributed by atoms with E-state index >= 15 is 0 Å². The van der Waals surface area contributed by atoms with Crippen LogP contribution in [0.4, 0.5) is 0 Å². The molecular weight excluding hydrogens is 326 g/mol. The van der Waals surface area contributed by atoms with Crippen LogP contribution in [0.15, 0.2) is 28.3 Å². The van der Waals surface area contributed by atoms with Gasteiger partial charge in [0.1, 0.15) is 4.90 Å². The van der Waals surface area contributed by atoms with Crippen molar-refractivity contribution in [3.63, 3.8) is 0 Å². The van der Waals surface area contributed by atoms with Gasteiger partial charge in [-0.05, 0) is 24.0 Å². The molecule has 0 bridgehead atoms. The minimum atomic E-state index is -3.70. The molecule has 1 atom stereocenters. The molecule has 1 aromatic rings. The molecular formula is C13H21N3O4S2. The Morgan fingerprint density at radius 2 is 1.91 bits per heavy atom. The third-order valence-electron chi connectivity index (χ3n) is 4.00. The molecule has 1 unspecified atom stereocenters. The van der Waals surface area contributed by atoms with Crippen LogP contribution in [0.2, 0.25) is 0 Å². The van der Waals surface area contributed by atoms with Crippen molar-refractivity contribution in [1.82, 2.24) is 9.29 Å². The molecule has 1 aliphatic heterocycles. The Balaban J connectivity index is 2.31. The summed E-state index contributed by atoms with van der Waals surface area (Å²) in [7, 11) is -7.15. The highest BCUT2D eigenvalue weighted by Gasteiger charge is 2.38. The summed E-state index contributed by atoms with van der Waals surface area (Å²) >= 11 is 0. The second-order valence-corrected chi connectivity index (χ2v) is 10.2. The van der Waals surface area contributed by atoms with Gasteiger partial charge < -0.3 is 5.73 Å². The lowest BCUT2D eigenvalue weighted by molar-refractivity contribution is 0.155. The van der Waals surface area contributed by atoms with E-state index in [1.807, 2.05) is 13.8 Å². The number of piperidine rings is 1. The van der Waals surface area contributed by atoms with Gasteiger partial charge in [-0.25, -0.2) is 21.8 Å². The van der Waals surface area contributed by atoms with Gasteiger partial charge in [0.05, 0.1) is 0 Å². The maximum Gasteiger partial charge on any atom is 0.244 e. The van der Waals surface area contributed by atoms with E-state index in [0.717, 1.165) is 12.5 Å². The van der Waals surface area contributed by atoms with E-state index in [9.17, 15) is 16.8 Å². The number of nitrogens with zero attached hydrogens (tertiary/aromatic N) is 2. The van der Waals surface area contributed by atoms with Crippen LogP contribution in [0, 0.1) is 5.41 Å². The third kappa shape index (κ3) is 3.32. The van der Waals surface area contributed by atoms with Gasteiger partial charge >= 0.3 is 0 Å². The zero-order valence-corrected chi connectivity index (χ0v) is 14.5. The Labute approximate surface area is 131 Å². The van der Waals surface area contributed by atoms with Crippen LogP contribution in [-0.4, -0.2) is 51.5 Å². The first-order chi connectivity index (χ1) is 9.94. The fourth-order valence-corrected chi connectivity index (χ4v) is 4.55. The zero-order chi connectivity index (χ0) is 16.8. The van der Waals surface area contributed by atoms with Gasteiger partial charge in [-0.1, -0.05) is 13.8 Å².